The van der Waals surface area contributed by atoms with E-state index in [1.807, 2.05) is 12.2 Å². The number of halogens is 5. The highest BCUT2D eigenvalue weighted by atomic mass is 32.1. The summed E-state index contributed by atoms with van der Waals surface area (Å²) in [6.07, 6.45) is -6.24. The third kappa shape index (κ3) is 6.15. The molecule has 4 heterocycles. The predicted octanol–water partition coefficient (Wildman–Crippen LogP) is 3.23. The number of nitrogens with zero attached hydrogens (tertiary/aromatic N) is 3. The van der Waals surface area contributed by atoms with Crippen molar-refractivity contribution in [2.24, 2.45) is 0 Å². The third-order valence-electron chi connectivity index (χ3n) is 6.09. The van der Waals surface area contributed by atoms with E-state index in [-0.39, 0.29) is 40.4 Å². The summed E-state index contributed by atoms with van der Waals surface area (Å²) in [7, 11) is 0. The van der Waals surface area contributed by atoms with Crippen molar-refractivity contribution in [3.63, 3.8) is 0 Å². The van der Waals surface area contributed by atoms with Gasteiger partial charge in [-0.15, -0.1) is 11.3 Å². The van der Waals surface area contributed by atoms with Gasteiger partial charge in [0.15, 0.2) is 5.01 Å². The first-order valence-electron chi connectivity index (χ1n) is 11.4. The molecule has 0 bridgehead atoms. The molecule has 2 aliphatic heterocycles. The maximum Gasteiger partial charge on any atom is 0.405 e. The van der Waals surface area contributed by atoms with Crippen LogP contribution in [0.3, 0.4) is 0 Å². The summed E-state index contributed by atoms with van der Waals surface area (Å²) in [4.78, 5) is 35.7. The molecule has 0 aliphatic carbocycles. The number of amides is 2. The Hall–Kier alpha value is -2.91. The molecule has 2 saturated heterocycles. The normalized spacial score (nSPS) is 22.1. The second kappa shape index (κ2) is 10.8. The maximum absolute atomic E-state index is 14.0. The van der Waals surface area contributed by atoms with Crippen LogP contribution in [0.5, 0.6) is 0 Å². The van der Waals surface area contributed by atoms with E-state index >= 15 is 0 Å². The van der Waals surface area contributed by atoms with Crippen molar-refractivity contribution in [2.75, 3.05) is 31.6 Å². The molecule has 15 heteroatoms. The van der Waals surface area contributed by atoms with Crippen LogP contribution in [-0.4, -0.2) is 82.5 Å². The summed E-state index contributed by atoms with van der Waals surface area (Å²) in [5, 5.41) is 14.2. The molecule has 202 valence electrons. The second-order valence-electron chi connectivity index (χ2n) is 8.80. The number of ether oxygens (including phenoxy) is 1. The van der Waals surface area contributed by atoms with Gasteiger partial charge in [-0.2, -0.15) is 13.2 Å². The van der Waals surface area contributed by atoms with Gasteiger partial charge in [0.1, 0.15) is 18.1 Å². The van der Waals surface area contributed by atoms with Gasteiger partial charge in [-0.3, -0.25) is 9.59 Å². The Morgan fingerprint density at radius 1 is 1.32 bits per heavy atom. The fraction of sp³-hybridized carbons (Fsp3) is 0.545. The number of hydrogen-bond donors (Lipinski definition) is 3. The van der Waals surface area contributed by atoms with Gasteiger partial charge in [0.05, 0.1) is 30.2 Å². The minimum atomic E-state index is -4.59. The summed E-state index contributed by atoms with van der Waals surface area (Å²) in [5.41, 5.74) is -1.12. The maximum atomic E-state index is 14.0. The van der Waals surface area contributed by atoms with Gasteiger partial charge in [-0.05, 0) is 25.8 Å². The lowest BCUT2D eigenvalue weighted by Gasteiger charge is -2.21. The molecule has 2 aromatic rings. The van der Waals surface area contributed by atoms with Crippen LogP contribution in [0.15, 0.2) is 12.3 Å². The molecule has 0 spiro atoms. The van der Waals surface area contributed by atoms with Gasteiger partial charge in [-0.25, -0.2) is 18.7 Å². The number of hydrogen-bond acceptors (Lipinski definition) is 8. The average Bonchev–Trinajstić information content (AvgIpc) is 3.57. The Kier molecular flexibility index (Phi) is 7.94. The number of aromatic nitrogens is 2. The summed E-state index contributed by atoms with van der Waals surface area (Å²) in [6.45, 7) is 0.876. The second-order valence-corrected chi connectivity index (χ2v) is 9.80. The largest absolute Gasteiger partial charge is 0.405 e. The van der Waals surface area contributed by atoms with Crippen molar-refractivity contribution in [1.29, 1.82) is 0 Å². The number of pyridine rings is 1. The molecular formula is C22H24F5N5O4S. The van der Waals surface area contributed by atoms with E-state index in [9.17, 15) is 36.6 Å². The zero-order valence-electron chi connectivity index (χ0n) is 19.5. The molecular weight excluding hydrogens is 525 g/mol. The zero-order valence-corrected chi connectivity index (χ0v) is 20.3. The lowest BCUT2D eigenvalue weighted by molar-refractivity contribution is -0.115. The molecule has 3 atom stereocenters. The number of aliphatic hydroxyl groups excluding tert-OH is 1. The molecule has 9 nitrogen and oxygen atoms in total. The number of anilines is 1. The quantitative estimate of drug-likeness (QED) is 0.454. The molecule has 0 radical (unpaired) electrons. The highest BCUT2D eigenvalue weighted by Gasteiger charge is 2.34. The fourth-order valence-corrected chi connectivity index (χ4v) is 5.15. The molecule has 2 aromatic heterocycles. The van der Waals surface area contributed by atoms with Crippen molar-refractivity contribution in [3.8, 4) is 10.4 Å². The highest BCUT2D eigenvalue weighted by molar-refractivity contribution is 7.17. The smallest absolute Gasteiger partial charge is 0.388 e. The van der Waals surface area contributed by atoms with Crippen LogP contribution in [0.2, 0.25) is 0 Å². The topological polar surface area (TPSA) is 117 Å². The Morgan fingerprint density at radius 2 is 2.08 bits per heavy atom. The number of likely N-dealkylation sites (tertiary alicyclic amines) is 1. The van der Waals surface area contributed by atoms with Gasteiger partial charge in [-0.1, -0.05) is 0 Å². The van der Waals surface area contributed by atoms with Crippen molar-refractivity contribution in [1.82, 2.24) is 20.2 Å². The first-order valence-corrected chi connectivity index (χ1v) is 12.2. The summed E-state index contributed by atoms with van der Waals surface area (Å²) < 4.78 is 70.9. The first kappa shape index (κ1) is 27.1. The van der Waals surface area contributed by atoms with Crippen LogP contribution < -0.4 is 10.6 Å². The SMILES string of the molecule is CC1CCCN1C(=O)c1nc(C(=O)NC2COCC2O)sc1-c1cnc(NCC(F)(F)F)cc1C(F)F. The standard InChI is InChI=1S/C22H24F5N5O4S/c1-10-3-2-4-32(10)21(35)16-17(37-20(31-16)19(34)30-13-7-36-8-14(13)33)12-6-28-15(5-11(12)18(23)24)29-9-22(25,26)27/h5-6,10,13-14,18,33H,2-4,7-9H2,1H3,(H,28,29)(H,30,34). The molecule has 4 rings (SSSR count). The van der Waals surface area contributed by atoms with Crippen molar-refractivity contribution in [2.45, 2.75) is 50.6 Å². The minimum absolute atomic E-state index is 0.0305. The lowest BCUT2D eigenvalue weighted by atomic mass is 10.1. The van der Waals surface area contributed by atoms with E-state index < -0.39 is 54.5 Å². The number of nitrogens with one attached hydrogen (secondary N) is 2. The highest BCUT2D eigenvalue weighted by Crippen LogP contribution is 2.39. The number of alkyl halides is 5. The molecule has 0 saturated carbocycles. The Balaban J connectivity index is 1.73. The van der Waals surface area contributed by atoms with Crippen LogP contribution >= 0.6 is 11.3 Å². The number of carbonyl (C=O) groups excluding carboxylic acids is 2. The zero-order chi connectivity index (χ0) is 26.9. The van der Waals surface area contributed by atoms with Crippen molar-refractivity contribution in [3.05, 3.63) is 28.5 Å². The number of aliphatic hydroxyl groups is 1. The van der Waals surface area contributed by atoms with Gasteiger partial charge < -0.3 is 25.4 Å². The number of thiazole rings is 1. The number of carbonyl (C=O) groups is 2. The Bertz CT molecular complexity index is 1160. The van der Waals surface area contributed by atoms with E-state index in [4.69, 9.17) is 4.74 Å². The monoisotopic (exact) mass is 549 g/mol. The van der Waals surface area contributed by atoms with Crippen LogP contribution in [0.25, 0.3) is 10.4 Å². The molecule has 37 heavy (non-hydrogen) atoms. The van der Waals surface area contributed by atoms with E-state index in [0.717, 1.165) is 25.1 Å². The average molecular weight is 550 g/mol. The summed E-state index contributed by atoms with van der Waals surface area (Å²) in [6, 6.07) is -0.0638. The fourth-order valence-electron chi connectivity index (χ4n) is 4.16. The lowest BCUT2D eigenvalue weighted by Crippen LogP contribution is -2.42. The van der Waals surface area contributed by atoms with Crippen LogP contribution in [0, 0.1) is 0 Å². The van der Waals surface area contributed by atoms with Crippen LogP contribution in [-0.2, 0) is 4.74 Å². The number of rotatable bonds is 7. The van der Waals surface area contributed by atoms with E-state index in [2.05, 4.69) is 15.3 Å². The van der Waals surface area contributed by atoms with Gasteiger partial charge in [0.25, 0.3) is 18.2 Å². The van der Waals surface area contributed by atoms with Crippen molar-refractivity contribution < 1.29 is 41.4 Å². The first-order chi connectivity index (χ1) is 17.4. The van der Waals surface area contributed by atoms with E-state index in [1.165, 1.54) is 4.90 Å². The molecule has 2 aliphatic rings. The molecule has 2 amide bonds. The molecule has 3 N–H and O–H groups in total. The van der Waals surface area contributed by atoms with E-state index in [0.29, 0.717) is 17.9 Å². The van der Waals surface area contributed by atoms with Crippen LogP contribution in [0.4, 0.5) is 27.8 Å². The molecule has 0 aromatic carbocycles. The van der Waals surface area contributed by atoms with Crippen LogP contribution in [0.1, 0.15) is 52.0 Å². The molecule has 3 unspecified atom stereocenters. The Labute approximate surface area is 212 Å². The van der Waals surface area contributed by atoms with Gasteiger partial charge in [0, 0.05) is 29.9 Å². The van der Waals surface area contributed by atoms with Gasteiger partial charge in [0.2, 0.25) is 0 Å². The van der Waals surface area contributed by atoms with Crippen molar-refractivity contribution >= 4 is 29.0 Å². The summed E-state index contributed by atoms with van der Waals surface area (Å²) in [5.74, 6) is -1.71. The Morgan fingerprint density at radius 3 is 2.68 bits per heavy atom. The van der Waals surface area contributed by atoms with E-state index in [1.54, 1.807) is 0 Å². The molecule has 2 fully saturated rings. The van der Waals surface area contributed by atoms with Gasteiger partial charge >= 0.3 is 6.18 Å². The third-order valence-corrected chi connectivity index (χ3v) is 7.18. The predicted molar refractivity (Wildman–Crippen MR) is 123 cm³/mol. The minimum Gasteiger partial charge on any atom is -0.388 e. The summed E-state index contributed by atoms with van der Waals surface area (Å²) >= 11 is 0.682.